The Labute approximate surface area is 189 Å². The van der Waals surface area contributed by atoms with Gasteiger partial charge in [-0.25, -0.2) is 0 Å². The first-order valence-electron chi connectivity index (χ1n) is 11.9. The lowest BCUT2D eigenvalue weighted by atomic mass is 9.77. The molecule has 8 nitrogen and oxygen atoms in total. The molecule has 0 bridgehead atoms. The summed E-state index contributed by atoms with van der Waals surface area (Å²) in [4.78, 5) is 46.0. The molecule has 1 unspecified atom stereocenters. The van der Waals surface area contributed by atoms with Gasteiger partial charge in [-0.05, 0) is 25.7 Å². The molecule has 0 saturated carbocycles. The van der Waals surface area contributed by atoms with Crippen molar-refractivity contribution in [2.24, 2.45) is 11.8 Å². The van der Waals surface area contributed by atoms with E-state index in [4.69, 9.17) is 9.84 Å². The second-order valence-corrected chi connectivity index (χ2v) is 9.34. The lowest BCUT2D eigenvalue weighted by molar-refractivity contribution is -0.148. The molecule has 0 aliphatic carbocycles. The molecule has 1 N–H and O–H groups in total. The van der Waals surface area contributed by atoms with Crippen LogP contribution in [0.3, 0.4) is 0 Å². The number of aliphatic hydroxyl groups is 1. The van der Waals surface area contributed by atoms with Gasteiger partial charge in [-0.2, -0.15) is 0 Å². The van der Waals surface area contributed by atoms with E-state index in [0.29, 0.717) is 39.0 Å². The number of fused-ring (bicyclic) bond motifs is 2. The average molecular weight is 446 g/mol. The minimum absolute atomic E-state index is 0.0947. The summed E-state index contributed by atoms with van der Waals surface area (Å²) in [6, 6.07) is -0.761. The summed E-state index contributed by atoms with van der Waals surface area (Å²) >= 11 is 0. The molecule has 4 heterocycles. The smallest absolute Gasteiger partial charge is 0.249 e. The predicted octanol–water partition coefficient (Wildman–Crippen LogP) is 0.957. The van der Waals surface area contributed by atoms with Crippen molar-refractivity contribution in [1.29, 1.82) is 0 Å². The summed E-state index contributed by atoms with van der Waals surface area (Å²) in [5.41, 5.74) is -1.13. The van der Waals surface area contributed by atoms with Crippen LogP contribution in [0.5, 0.6) is 0 Å². The van der Waals surface area contributed by atoms with E-state index in [1.165, 1.54) is 0 Å². The number of likely N-dealkylation sites (N-methyl/N-ethyl adjacent to an activating group) is 1. The molecular weight excluding hydrogens is 410 g/mol. The van der Waals surface area contributed by atoms with Gasteiger partial charge in [0.05, 0.1) is 17.9 Å². The van der Waals surface area contributed by atoms with Gasteiger partial charge in [0, 0.05) is 39.8 Å². The fourth-order valence-corrected chi connectivity index (χ4v) is 5.67. The predicted molar refractivity (Wildman–Crippen MR) is 118 cm³/mol. The Balaban J connectivity index is 1.72. The lowest BCUT2D eigenvalue weighted by Gasteiger charge is -2.35. The van der Waals surface area contributed by atoms with Crippen molar-refractivity contribution >= 4 is 17.7 Å². The van der Waals surface area contributed by atoms with Crippen molar-refractivity contribution in [1.82, 2.24) is 14.7 Å². The molecule has 0 aromatic heterocycles. The maximum absolute atomic E-state index is 13.8. The average Bonchev–Trinajstić information content (AvgIpc) is 3.10. The zero-order valence-corrected chi connectivity index (χ0v) is 19.1. The van der Waals surface area contributed by atoms with E-state index < -0.39 is 29.6 Å². The standard InChI is InChI=1S/C24H35N3O5/c1-3-4-13-26-14-9-11-24-19(18-17(32-24)10-8-12-25(2)21(18)29)22(30)27(20(24)23(26)31)15-6-5-7-16-28/h8-11,17-20,28H,3-7,12-16H2,1-2H3/t17-,18+,19-,20?,24-/m0/s1. The molecule has 5 atom stereocenters. The van der Waals surface area contributed by atoms with Crippen LogP contribution in [0, 0.1) is 11.8 Å². The van der Waals surface area contributed by atoms with Crippen LogP contribution >= 0.6 is 0 Å². The minimum atomic E-state index is -1.13. The normalized spacial score (nSPS) is 34.0. The molecule has 4 aliphatic rings. The maximum Gasteiger partial charge on any atom is 0.249 e. The molecule has 176 valence electrons. The van der Waals surface area contributed by atoms with Gasteiger partial charge in [0.2, 0.25) is 17.7 Å². The highest BCUT2D eigenvalue weighted by Gasteiger charge is 2.71. The fraction of sp³-hybridized carbons (Fsp3) is 0.708. The molecule has 0 aromatic carbocycles. The first kappa shape index (κ1) is 23.0. The molecule has 3 amide bonds. The van der Waals surface area contributed by atoms with Gasteiger partial charge in [0.25, 0.3) is 0 Å². The van der Waals surface area contributed by atoms with E-state index in [1.54, 1.807) is 16.8 Å². The van der Waals surface area contributed by atoms with Gasteiger partial charge < -0.3 is 24.5 Å². The first-order chi connectivity index (χ1) is 15.5. The lowest BCUT2D eigenvalue weighted by Crippen LogP contribution is -2.55. The van der Waals surface area contributed by atoms with E-state index in [0.717, 1.165) is 19.3 Å². The summed E-state index contributed by atoms with van der Waals surface area (Å²) in [7, 11) is 1.74. The van der Waals surface area contributed by atoms with Crippen molar-refractivity contribution < 1.29 is 24.2 Å². The van der Waals surface area contributed by atoms with Gasteiger partial charge in [0.1, 0.15) is 11.6 Å². The van der Waals surface area contributed by atoms with Crippen LogP contribution in [0.25, 0.3) is 0 Å². The summed E-state index contributed by atoms with van der Waals surface area (Å²) in [5.74, 6) is -1.71. The first-order valence-corrected chi connectivity index (χ1v) is 11.9. The molecule has 2 fully saturated rings. The Bertz CT molecular complexity index is 811. The number of ether oxygens (including phenoxy) is 1. The van der Waals surface area contributed by atoms with Crippen LogP contribution in [0.1, 0.15) is 39.0 Å². The molecule has 32 heavy (non-hydrogen) atoms. The summed E-state index contributed by atoms with van der Waals surface area (Å²) in [6.45, 7) is 4.22. The largest absolute Gasteiger partial charge is 0.396 e. The zero-order chi connectivity index (χ0) is 22.9. The number of likely N-dealkylation sites (tertiary alicyclic amines) is 1. The molecular formula is C24H35N3O5. The number of aliphatic hydroxyl groups excluding tert-OH is 1. The van der Waals surface area contributed by atoms with E-state index in [2.05, 4.69) is 6.92 Å². The van der Waals surface area contributed by atoms with Crippen LogP contribution in [0.4, 0.5) is 0 Å². The quantitative estimate of drug-likeness (QED) is 0.444. The van der Waals surface area contributed by atoms with Crippen molar-refractivity contribution in [3.05, 3.63) is 24.3 Å². The summed E-state index contributed by atoms with van der Waals surface area (Å²) in [5, 5.41) is 9.12. The van der Waals surface area contributed by atoms with E-state index >= 15 is 0 Å². The molecule has 0 aromatic rings. The zero-order valence-electron chi connectivity index (χ0n) is 19.1. The number of hydrogen-bond acceptors (Lipinski definition) is 5. The third kappa shape index (κ3) is 3.67. The topological polar surface area (TPSA) is 90.4 Å². The molecule has 0 radical (unpaired) electrons. The van der Waals surface area contributed by atoms with Gasteiger partial charge >= 0.3 is 0 Å². The highest BCUT2D eigenvalue weighted by Crippen LogP contribution is 2.53. The summed E-state index contributed by atoms with van der Waals surface area (Å²) in [6.07, 6.45) is 11.1. The van der Waals surface area contributed by atoms with Crippen LogP contribution in [0.15, 0.2) is 24.3 Å². The molecule has 4 rings (SSSR count). The third-order valence-corrected chi connectivity index (χ3v) is 7.28. The van der Waals surface area contributed by atoms with E-state index in [-0.39, 0.29) is 24.3 Å². The van der Waals surface area contributed by atoms with Crippen LogP contribution in [0.2, 0.25) is 0 Å². The molecule has 2 saturated heterocycles. The monoisotopic (exact) mass is 445 g/mol. The maximum atomic E-state index is 13.8. The van der Waals surface area contributed by atoms with Crippen LogP contribution < -0.4 is 0 Å². The highest BCUT2D eigenvalue weighted by molar-refractivity contribution is 5.99. The second-order valence-electron chi connectivity index (χ2n) is 9.34. The van der Waals surface area contributed by atoms with Crippen molar-refractivity contribution in [3.63, 3.8) is 0 Å². The number of carbonyl (C=O) groups is 3. The number of nitrogens with zero attached hydrogens (tertiary/aromatic N) is 3. The Morgan fingerprint density at radius 1 is 1.03 bits per heavy atom. The second kappa shape index (κ2) is 9.35. The molecule has 8 heteroatoms. The van der Waals surface area contributed by atoms with E-state index in [9.17, 15) is 14.4 Å². The molecule has 4 aliphatic heterocycles. The third-order valence-electron chi connectivity index (χ3n) is 7.28. The van der Waals surface area contributed by atoms with Crippen molar-refractivity contribution in [2.75, 3.05) is 39.8 Å². The number of unbranched alkanes of at least 4 members (excludes halogenated alkanes) is 3. The summed E-state index contributed by atoms with van der Waals surface area (Å²) < 4.78 is 6.54. The number of hydrogen-bond donors (Lipinski definition) is 1. The van der Waals surface area contributed by atoms with Gasteiger partial charge in [-0.1, -0.05) is 37.6 Å². The fourth-order valence-electron chi connectivity index (χ4n) is 5.67. The van der Waals surface area contributed by atoms with Crippen molar-refractivity contribution in [2.45, 2.75) is 56.8 Å². The Morgan fingerprint density at radius 2 is 1.84 bits per heavy atom. The molecule has 1 spiro atoms. The number of amides is 3. The van der Waals surface area contributed by atoms with Gasteiger partial charge in [-0.15, -0.1) is 0 Å². The van der Waals surface area contributed by atoms with Crippen molar-refractivity contribution in [3.8, 4) is 0 Å². The van der Waals surface area contributed by atoms with Crippen LogP contribution in [-0.2, 0) is 19.1 Å². The van der Waals surface area contributed by atoms with Gasteiger partial charge in [-0.3, -0.25) is 14.4 Å². The van der Waals surface area contributed by atoms with Gasteiger partial charge in [0.15, 0.2) is 0 Å². The number of rotatable bonds is 8. The SMILES string of the molecule is CCCCN1CC=C[C@]23O[C@H]4C=CCN(C)C(=O)[C@H]4[C@H]2C(=O)N(CCCCCO)C3C1=O. The Kier molecular flexibility index (Phi) is 6.72. The van der Waals surface area contributed by atoms with E-state index in [1.807, 2.05) is 29.2 Å². The Hall–Kier alpha value is -2.19. The Morgan fingerprint density at radius 3 is 2.59 bits per heavy atom. The highest BCUT2D eigenvalue weighted by atomic mass is 16.5. The minimum Gasteiger partial charge on any atom is -0.396 e. The van der Waals surface area contributed by atoms with Crippen LogP contribution in [-0.4, -0.2) is 95.1 Å². The number of carbonyl (C=O) groups excluding carboxylic acids is 3.